The molecule has 1 amide bonds. The van der Waals surface area contributed by atoms with E-state index in [0.29, 0.717) is 22.9 Å². The Kier molecular flexibility index (Phi) is 5.37. The molecule has 1 unspecified atom stereocenters. The van der Waals surface area contributed by atoms with Gasteiger partial charge >= 0.3 is 5.97 Å². The Morgan fingerprint density at radius 2 is 2.15 bits per heavy atom. The van der Waals surface area contributed by atoms with Crippen LogP contribution in [0.4, 0.5) is 0 Å². The predicted octanol–water partition coefficient (Wildman–Crippen LogP) is 3.94. The van der Waals surface area contributed by atoms with Gasteiger partial charge in [0.25, 0.3) is 5.91 Å². The van der Waals surface area contributed by atoms with Gasteiger partial charge in [-0.1, -0.05) is 23.7 Å². The minimum absolute atomic E-state index is 0.101. The van der Waals surface area contributed by atoms with Crippen LogP contribution in [0.15, 0.2) is 30.3 Å². The second-order valence-corrected chi connectivity index (χ2v) is 8.12. The summed E-state index contributed by atoms with van der Waals surface area (Å²) in [5.74, 6) is -1.05. The van der Waals surface area contributed by atoms with E-state index in [1.54, 1.807) is 4.90 Å². The average Bonchev–Trinajstić information content (AvgIpc) is 3.19. The molecule has 1 atom stereocenters. The highest BCUT2D eigenvalue weighted by Gasteiger charge is 2.46. The number of ether oxygens (including phenoxy) is 1. The Morgan fingerprint density at radius 3 is 2.81 bits per heavy atom. The number of aryl methyl sites for hydroxylation is 1. The summed E-state index contributed by atoms with van der Waals surface area (Å²) in [4.78, 5) is 27.8. The number of carboxylic acid groups (broad SMARTS) is 1. The van der Waals surface area contributed by atoms with E-state index in [4.69, 9.17) is 16.3 Å². The highest BCUT2D eigenvalue weighted by molar-refractivity contribution is 7.17. The quantitative estimate of drug-likeness (QED) is 0.835. The molecule has 1 aliphatic heterocycles. The molecule has 0 spiro atoms. The van der Waals surface area contributed by atoms with Crippen molar-refractivity contribution in [2.24, 2.45) is 5.41 Å². The predicted molar refractivity (Wildman–Crippen MR) is 102 cm³/mol. The van der Waals surface area contributed by atoms with E-state index in [1.807, 2.05) is 37.3 Å². The minimum atomic E-state index is -1.02. The molecule has 0 radical (unpaired) electrons. The number of rotatable bonds is 5. The van der Waals surface area contributed by atoms with Crippen LogP contribution in [-0.4, -0.2) is 48.7 Å². The van der Waals surface area contributed by atoms with Crippen molar-refractivity contribution in [1.29, 1.82) is 0 Å². The average molecular weight is 394 g/mol. The highest BCUT2D eigenvalue weighted by atomic mass is 35.5. The number of aliphatic carboxylic acids is 1. The number of benzene rings is 1. The fourth-order valence-electron chi connectivity index (χ4n) is 3.34. The number of nitrogens with zero attached hydrogens (tertiary/aromatic N) is 1. The van der Waals surface area contributed by atoms with Crippen LogP contribution in [-0.2, 0) is 9.53 Å². The summed E-state index contributed by atoms with van der Waals surface area (Å²) in [6.07, 6.45) is 0.396. The summed E-state index contributed by atoms with van der Waals surface area (Å²) < 4.78 is 5.09. The third-order valence-corrected chi connectivity index (χ3v) is 6.24. The van der Waals surface area contributed by atoms with Crippen LogP contribution < -0.4 is 0 Å². The Balaban J connectivity index is 1.83. The van der Waals surface area contributed by atoms with Crippen molar-refractivity contribution in [3.05, 3.63) is 45.8 Å². The molecular weight excluding hydrogens is 374 g/mol. The molecule has 3 rings (SSSR count). The van der Waals surface area contributed by atoms with E-state index >= 15 is 0 Å². The maximum Gasteiger partial charge on any atom is 0.313 e. The molecule has 1 fully saturated rings. The standard InChI is InChI=1S/C19H20ClNO4S/c1-12-8-15(26-16(12)13-4-3-5-14(20)9-13)17(22)21-7-6-19(10-21,11-25-2)18(23)24/h3-5,8-9H,6-7,10-11H2,1-2H3,(H,23,24). The monoisotopic (exact) mass is 393 g/mol. The van der Waals surface area contributed by atoms with Crippen LogP contribution in [0.1, 0.15) is 21.7 Å². The number of hydrogen-bond acceptors (Lipinski definition) is 4. The second kappa shape index (κ2) is 7.39. The molecule has 2 aromatic rings. The fourth-order valence-corrected chi connectivity index (χ4v) is 4.66. The van der Waals surface area contributed by atoms with Gasteiger partial charge in [-0.3, -0.25) is 9.59 Å². The molecule has 0 aliphatic carbocycles. The van der Waals surface area contributed by atoms with Crippen LogP contribution in [0.2, 0.25) is 5.02 Å². The largest absolute Gasteiger partial charge is 0.481 e. The zero-order valence-electron chi connectivity index (χ0n) is 14.6. The zero-order chi connectivity index (χ0) is 18.9. The van der Waals surface area contributed by atoms with Crippen molar-refractivity contribution in [3.63, 3.8) is 0 Å². The third-order valence-electron chi connectivity index (χ3n) is 4.73. The fraction of sp³-hybridized carbons (Fsp3) is 0.368. The number of methoxy groups -OCH3 is 1. The number of carboxylic acids is 1. The van der Waals surface area contributed by atoms with Crippen LogP contribution in [0.5, 0.6) is 0 Å². The highest BCUT2D eigenvalue weighted by Crippen LogP contribution is 2.36. The van der Waals surface area contributed by atoms with Gasteiger partial charge in [-0.25, -0.2) is 0 Å². The first kappa shape index (κ1) is 18.9. The lowest BCUT2D eigenvalue weighted by atomic mass is 9.88. The SMILES string of the molecule is COCC1(C(=O)O)CCN(C(=O)c2cc(C)c(-c3cccc(Cl)c3)s2)C1. The summed E-state index contributed by atoms with van der Waals surface area (Å²) in [5.41, 5.74) is 0.952. The third kappa shape index (κ3) is 3.49. The van der Waals surface area contributed by atoms with Gasteiger partial charge in [-0.05, 0) is 42.7 Å². The van der Waals surface area contributed by atoms with Gasteiger partial charge in [0.1, 0.15) is 5.41 Å². The number of carbonyl (C=O) groups is 2. The Labute approximate surface area is 161 Å². The van der Waals surface area contributed by atoms with Crippen molar-refractivity contribution < 1.29 is 19.4 Å². The van der Waals surface area contributed by atoms with Crippen molar-refractivity contribution in [3.8, 4) is 10.4 Å². The van der Waals surface area contributed by atoms with Crippen molar-refractivity contribution in [2.75, 3.05) is 26.8 Å². The van der Waals surface area contributed by atoms with E-state index in [2.05, 4.69) is 0 Å². The number of halogens is 1. The molecule has 0 bridgehead atoms. The van der Waals surface area contributed by atoms with Gasteiger partial charge in [0.15, 0.2) is 0 Å². The van der Waals surface area contributed by atoms with Gasteiger partial charge in [0.05, 0.1) is 11.5 Å². The molecule has 1 saturated heterocycles. The van der Waals surface area contributed by atoms with Crippen molar-refractivity contribution >= 4 is 34.8 Å². The summed E-state index contributed by atoms with van der Waals surface area (Å²) in [6.45, 7) is 2.64. The van der Waals surface area contributed by atoms with E-state index in [0.717, 1.165) is 16.0 Å². The number of thiophene rings is 1. The first-order valence-electron chi connectivity index (χ1n) is 8.24. The molecule has 1 aromatic heterocycles. The van der Waals surface area contributed by atoms with Crippen LogP contribution in [0.3, 0.4) is 0 Å². The topological polar surface area (TPSA) is 66.8 Å². The van der Waals surface area contributed by atoms with Gasteiger partial charge < -0.3 is 14.7 Å². The van der Waals surface area contributed by atoms with Crippen LogP contribution in [0, 0.1) is 12.3 Å². The molecule has 1 aromatic carbocycles. The second-order valence-electron chi connectivity index (χ2n) is 6.63. The van der Waals surface area contributed by atoms with Gasteiger partial charge in [0, 0.05) is 30.1 Å². The number of hydrogen-bond donors (Lipinski definition) is 1. The van der Waals surface area contributed by atoms with E-state index in [-0.39, 0.29) is 19.1 Å². The molecule has 7 heteroatoms. The molecule has 2 heterocycles. The lowest BCUT2D eigenvalue weighted by Gasteiger charge is -2.23. The summed E-state index contributed by atoms with van der Waals surface area (Å²) >= 11 is 7.48. The number of likely N-dealkylation sites (tertiary alicyclic amines) is 1. The molecular formula is C19H20ClNO4S. The number of amides is 1. The summed E-state index contributed by atoms with van der Waals surface area (Å²) in [5, 5.41) is 10.2. The maximum atomic E-state index is 12.9. The molecule has 5 nitrogen and oxygen atoms in total. The van der Waals surface area contributed by atoms with Crippen LogP contribution in [0.25, 0.3) is 10.4 Å². The molecule has 138 valence electrons. The van der Waals surface area contributed by atoms with Gasteiger partial charge in [-0.15, -0.1) is 11.3 Å². The maximum absolute atomic E-state index is 12.9. The first-order valence-corrected chi connectivity index (χ1v) is 9.44. The summed E-state index contributed by atoms with van der Waals surface area (Å²) in [7, 11) is 1.48. The lowest BCUT2D eigenvalue weighted by molar-refractivity contribution is -0.151. The Hall–Kier alpha value is -1.89. The van der Waals surface area contributed by atoms with E-state index in [9.17, 15) is 14.7 Å². The van der Waals surface area contributed by atoms with Crippen molar-refractivity contribution in [1.82, 2.24) is 4.90 Å². The molecule has 1 aliphatic rings. The normalized spacial score (nSPS) is 19.7. The molecule has 1 N–H and O–H groups in total. The van der Waals surface area contributed by atoms with Crippen molar-refractivity contribution in [2.45, 2.75) is 13.3 Å². The zero-order valence-corrected chi connectivity index (χ0v) is 16.2. The van der Waals surface area contributed by atoms with Gasteiger partial charge in [0.2, 0.25) is 0 Å². The lowest BCUT2D eigenvalue weighted by Crippen LogP contribution is -2.40. The molecule has 26 heavy (non-hydrogen) atoms. The Morgan fingerprint density at radius 1 is 1.38 bits per heavy atom. The van der Waals surface area contributed by atoms with E-state index < -0.39 is 11.4 Å². The summed E-state index contributed by atoms with van der Waals surface area (Å²) in [6, 6.07) is 9.39. The Bertz CT molecular complexity index is 850. The first-order chi connectivity index (χ1) is 12.4. The van der Waals surface area contributed by atoms with E-state index in [1.165, 1.54) is 18.4 Å². The number of carbonyl (C=O) groups excluding carboxylic acids is 1. The smallest absolute Gasteiger partial charge is 0.313 e. The minimum Gasteiger partial charge on any atom is -0.481 e. The van der Waals surface area contributed by atoms with Crippen LogP contribution >= 0.6 is 22.9 Å². The van der Waals surface area contributed by atoms with Gasteiger partial charge in [-0.2, -0.15) is 0 Å². The molecule has 0 saturated carbocycles.